The largest absolute Gasteiger partial charge is 0.291 e. The van der Waals surface area contributed by atoms with Crippen LogP contribution in [0.2, 0.25) is 0 Å². The van der Waals surface area contributed by atoms with Gasteiger partial charge in [0.1, 0.15) is 5.69 Å². The lowest BCUT2D eigenvalue weighted by Crippen LogP contribution is -2.23. The smallest absolute Gasteiger partial charge is 0.266 e. The van der Waals surface area contributed by atoms with Gasteiger partial charge in [-0.2, -0.15) is 14.6 Å². The molecule has 0 aliphatic heterocycles. The molecule has 0 unspecified atom stereocenters. The van der Waals surface area contributed by atoms with Crippen LogP contribution in [-0.4, -0.2) is 24.4 Å². The standard InChI is InChI=1S/C34H27N5OS/c1-34(2,3)27-17-15-23(16-18-27)31-35-33-39(37-31)32(40)29(41-33)20-26-21-38(28-11-5-4-6-12-28)36-30(26)25-14-13-22-9-7-8-10-24(22)19-25/h4-21H,1-3H3. The van der Waals surface area contributed by atoms with E-state index in [0.717, 1.165) is 33.5 Å². The molecule has 0 amide bonds. The van der Waals surface area contributed by atoms with Crippen molar-refractivity contribution in [3.63, 3.8) is 0 Å². The molecule has 0 spiro atoms. The summed E-state index contributed by atoms with van der Waals surface area (Å²) in [5.74, 6) is 0.550. The second kappa shape index (κ2) is 9.64. The molecule has 7 rings (SSSR count). The van der Waals surface area contributed by atoms with Gasteiger partial charge in [0, 0.05) is 22.9 Å². The van der Waals surface area contributed by atoms with Gasteiger partial charge in [0.25, 0.3) is 5.56 Å². The average Bonchev–Trinajstić information content (AvgIpc) is 3.68. The second-order valence-electron chi connectivity index (χ2n) is 11.1. The summed E-state index contributed by atoms with van der Waals surface area (Å²) in [6, 6.07) is 32.8. The third kappa shape index (κ3) is 4.64. The van der Waals surface area contributed by atoms with E-state index in [2.05, 4.69) is 68.3 Å². The lowest BCUT2D eigenvalue weighted by Gasteiger charge is -2.18. The highest BCUT2D eigenvalue weighted by Gasteiger charge is 2.17. The quantitative estimate of drug-likeness (QED) is 0.244. The van der Waals surface area contributed by atoms with Crippen molar-refractivity contribution < 1.29 is 0 Å². The summed E-state index contributed by atoms with van der Waals surface area (Å²) >= 11 is 1.34. The Kier molecular flexibility index (Phi) is 5.91. The fraction of sp³-hybridized carbons (Fsp3) is 0.118. The van der Waals surface area contributed by atoms with E-state index in [1.807, 2.05) is 71.6 Å². The highest BCUT2D eigenvalue weighted by Crippen LogP contribution is 2.28. The Morgan fingerprint density at radius 3 is 2.22 bits per heavy atom. The fourth-order valence-electron chi connectivity index (χ4n) is 4.98. The molecule has 7 heteroatoms. The number of hydrogen-bond donors (Lipinski definition) is 0. The van der Waals surface area contributed by atoms with E-state index in [1.54, 1.807) is 0 Å². The highest BCUT2D eigenvalue weighted by molar-refractivity contribution is 7.15. The van der Waals surface area contributed by atoms with Crippen LogP contribution in [-0.2, 0) is 5.41 Å². The number of para-hydroxylation sites is 1. The Labute approximate surface area is 240 Å². The van der Waals surface area contributed by atoms with Crippen molar-refractivity contribution in [3.05, 3.63) is 129 Å². The minimum absolute atomic E-state index is 0.0629. The van der Waals surface area contributed by atoms with Crippen molar-refractivity contribution in [1.29, 1.82) is 0 Å². The Hall–Kier alpha value is -4.88. The monoisotopic (exact) mass is 553 g/mol. The molecule has 0 aliphatic rings. The number of aromatic nitrogens is 5. The van der Waals surface area contributed by atoms with Crippen LogP contribution in [0, 0.1) is 0 Å². The SMILES string of the molecule is CC(C)(C)c1ccc(-c2nc3sc(=Cc4cn(-c5ccccc5)nc4-c4ccc5ccccc5c4)c(=O)n3n2)cc1. The zero-order chi connectivity index (χ0) is 28.1. The van der Waals surface area contributed by atoms with E-state index in [-0.39, 0.29) is 11.0 Å². The van der Waals surface area contributed by atoms with E-state index in [4.69, 9.17) is 10.1 Å². The number of hydrogen-bond acceptors (Lipinski definition) is 5. The molecule has 0 atom stereocenters. The molecule has 0 aliphatic carbocycles. The molecule has 3 heterocycles. The summed E-state index contributed by atoms with van der Waals surface area (Å²) in [5, 5.41) is 11.8. The van der Waals surface area contributed by atoms with Crippen molar-refractivity contribution in [2.75, 3.05) is 0 Å². The first-order valence-electron chi connectivity index (χ1n) is 13.5. The van der Waals surface area contributed by atoms with Gasteiger partial charge in [0.05, 0.1) is 10.2 Å². The summed E-state index contributed by atoms with van der Waals surface area (Å²) in [6.45, 7) is 6.55. The summed E-state index contributed by atoms with van der Waals surface area (Å²) < 4.78 is 3.82. The van der Waals surface area contributed by atoms with E-state index < -0.39 is 0 Å². The molecule has 0 fully saturated rings. The van der Waals surface area contributed by atoms with Gasteiger partial charge >= 0.3 is 0 Å². The minimum atomic E-state index is -0.188. The van der Waals surface area contributed by atoms with E-state index in [1.165, 1.54) is 26.8 Å². The van der Waals surface area contributed by atoms with Crippen molar-refractivity contribution in [3.8, 4) is 28.3 Å². The summed E-state index contributed by atoms with van der Waals surface area (Å²) in [6.07, 6.45) is 3.87. The van der Waals surface area contributed by atoms with Crippen LogP contribution in [0.15, 0.2) is 108 Å². The van der Waals surface area contributed by atoms with Gasteiger partial charge in [0.15, 0.2) is 5.82 Å². The third-order valence-electron chi connectivity index (χ3n) is 7.26. The maximum absolute atomic E-state index is 13.5. The predicted molar refractivity (Wildman–Crippen MR) is 167 cm³/mol. The molecule has 6 nitrogen and oxygen atoms in total. The third-order valence-corrected chi connectivity index (χ3v) is 8.22. The van der Waals surface area contributed by atoms with Gasteiger partial charge in [-0.1, -0.05) is 111 Å². The lowest BCUT2D eigenvalue weighted by molar-refractivity contribution is 0.590. The van der Waals surface area contributed by atoms with E-state index >= 15 is 0 Å². The Morgan fingerprint density at radius 2 is 1.49 bits per heavy atom. The van der Waals surface area contributed by atoms with Crippen LogP contribution < -0.4 is 10.1 Å². The summed E-state index contributed by atoms with van der Waals surface area (Å²) in [4.78, 5) is 18.7. The van der Waals surface area contributed by atoms with Gasteiger partial charge in [-0.3, -0.25) is 4.79 Å². The zero-order valence-corrected chi connectivity index (χ0v) is 23.8. The van der Waals surface area contributed by atoms with Crippen molar-refractivity contribution in [2.45, 2.75) is 26.2 Å². The molecule has 200 valence electrons. The molecular weight excluding hydrogens is 526 g/mol. The molecule has 0 bridgehead atoms. The number of thiazole rings is 1. The van der Waals surface area contributed by atoms with Crippen LogP contribution in [0.4, 0.5) is 0 Å². The molecule has 3 aromatic heterocycles. The van der Waals surface area contributed by atoms with Gasteiger partial charge in [-0.15, -0.1) is 5.10 Å². The molecule has 0 saturated carbocycles. The number of fused-ring (bicyclic) bond motifs is 2. The maximum Gasteiger partial charge on any atom is 0.291 e. The second-order valence-corrected chi connectivity index (χ2v) is 12.2. The first-order valence-corrected chi connectivity index (χ1v) is 14.3. The Bertz CT molecular complexity index is 2150. The van der Waals surface area contributed by atoms with Crippen LogP contribution in [0.5, 0.6) is 0 Å². The van der Waals surface area contributed by atoms with Crippen LogP contribution >= 0.6 is 11.3 Å². The van der Waals surface area contributed by atoms with Crippen molar-refractivity contribution >= 4 is 33.1 Å². The summed E-state index contributed by atoms with van der Waals surface area (Å²) in [7, 11) is 0. The molecule has 7 aromatic rings. The highest BCUT2D eigenvalue weighted by atomic mass is 32.1. The topological polar surface area (TPSA) is 65.1 Å². The van der Waals surface area contributed by atoms with Gasteiger partial charge in [-0.05, 0) is 46.0 Å². The van der Waals surface area contributed by atoms with Gasteiger partial charge in [-0.25, -0.2) is 4.68 Å². The number of nitrogens with zero attached hydrogens (tertiary/aromatic N) is 5. The van der Waals surface area contributed by atoms with Crippen molar-refractivity contribution in [1.82, 2.24) is 24.4 Å². The van der Waals surface area contributed by atoms with Crippen LogP contribution in [0.1, 0.15) is 31.9 Å². The van der Waals surface area contributed by atoms with Crippen molar-refractivity contribution in [2.24, 2.45) is 0 Å². The van der Waals surface area contributed by atoms with Gasteiger partial charge < -0.3 is 0 Å². The summed E-state index contributed by atoms with van der Waals surface area (Å²) in [5.41, 5.74) is 5.59. The molecule has 0 saturated heterocycles. The van der Waals surface area contributed by atoms with E-state index in [9.17, 15) is 4.79 Å². The molecule has 0 radical (unpaired) electrons. The normalized spacial score (nSPS) is 12.5. The molecular formula is C34H27N5OS. The first kappa shape index (κ1) is 25.1. The minimum Gasteiger partial charge on any atom is -0.266 e. The maximum atomic E-state index is 13.5. The number of rotatable bonds is 4. The fourth-order valence-corrected chi connectivity index (χ4v) is 5.88. The van der Waals surface area contributed by atoms with Gasteiger partial charge in [0.2, 0.25) is 4.96 Å². The Morgan fingerprint density at radius 1 is 0.780 bits per heavy atom. The lowest BCUT2D eigenvalue weighted by atomic mass is 9.87. The molecule has 41 heavy (non-hydrogen) atoms. The zero-order valence-electron chi connectivity index (χ0n) is 22.9. The van der Waals surface area contributed by atoms with Crippen LogP contribution in [0.3, 0.4) is 0 Å². The number of benzene rings is 4. The van der Waals surface area contributed by atoms with Crippen LogP contribution in [0.25, 0.3) is 50.1 Å². The Balaban J connectivity index is 1.33. The predicted octanol–water partition coefficient (Wildman–Crippen LogP) is 6.67. The van der Waals surface area contributed by atoms with E-state index in [0.29, 0.717) is 15.3 Å². The average molecular weight is 554 g/mol. The molecule has 4 aromatic carbocycles. The molecule has 0 N–H and O–H groups in total. The first-order chi connectivity index (χ1) is 19.8.